The molecule has 29 heavy (non-hydrogen) atoms. The van der Waals surface area contributed by atoms with E-state index in [1.807, 2.05) is 26.8 Å². The summed E-state index contributed by atoms with van der Waals surface area (Å²) in [6, 6.07) is 5.33. The van der Waals surface area contributed by atoms with Crippen LogP contribution in [-0.4, -0.2) is 27.0 Å². The Morgan fingerprint density at radius 2 is 1.21 bits per heavy atom. The maximum absolute atomic E-state index is 12.5. The lowest BCUT2D eigenvalue weighted by Gasteiger charge is -2.57. The molecule has 0 amide bonds. The molecule has 0 unspecified atom stereocenters. The molecule has 5 heteroatoms. The molecule has 0 aliphatic rings. The number of hydrogen-bond acceptors (Lipinski definition) is 4. The number of carbonyl (C=O) groups excluding carboxylic acids is 1. The first-order valence-corrected chi connectivity index (χ1v) is 12.3. The molecule has 4 nitrogen and oxygen atoms in total. The highest BCUT2D eigenvalue weighted by molar-refractivity contribution is 6.82. The van der Waals surface area contributed by atoms with E-state index in [2.05, 4.69) is 62.3 Å². The highest BCUT2D eigenvalue weighted by Gasteiger charge is 2.64. The van der Waals surface area contributed by atoms with Crippen molar-refractivity contribution in [2.24, 2.45) is 0 Å². The number of esters is 1. The Morgan fingerprint density at radius 1 is 0.759 bits per heavy atom. The summed E-state index contributed by atoms with van der Waals surface area (Å²) >= 11 is 0. The van der Waals surface area contributed by atoms with Crippen LogP contribution in [0.4, 0.5) is 0 Å². The predicted octanol–water partition coefficient (Wildman–Crippen LogP) is 7.38. The molecule has 0 N–H and O–H groups in total. The molecule has 0 bridgehead atoms. The van der Waals surface area contributed by atoms with Crippen LogP contribution in [0.1, 0.15) is 93.4 Å². The van der Waals surface area contributed by atoms with Crippen molar-refractivity contribution in [2.75, 3.05) is 7.11 Å². The molecule has 0 aromatic heterocycles. The molecule has 0 atom stereocenters. The summed E-state index contributed by atoms with van der Waals surface area (Å²) in [6.45, 7) is 26.0. The lowest BCUT2D eigenvalue weighted by Crippen LogP contribution is -2.63. The average Bonchev–Trinajstić information content (AvgIpc) is 2.46. The van der Waals surface area contributed by atoms with Crippen LogP contribution in [0.15, 0.2) is 18.2 Å². The zero-order chi connectivity index (χ0) is 23.1. The van der Waals surface area contributed by atoms with Crippen molar-refractivity contribution in [3.63, 3.8) is 0 Å². The van der Waals surface area contributed by atoms with Crippen molar-refractivity contribution in [2.45, 2.75) is 104 Å². The molecule has 0 saturated carbocycles. The van der Waals surface area contributed by atoms with Crippen molar-refractivity contribution < 1.29 is 18.7 Å². The van der Waals surface area contributed by atoms with Crippen LogP contribution in [0.25, 0.3) is 0 Å². The number of ether oxygens (including phenoxy) is 2. The van der Waals surface area contributed by atoms with Crippen molar-refractivity contribution in [3.05, 3.63) is 23.8 Å². The Balaban J connectivity index is 3.54. The standard InChI is InChI=1S/C24H42O4Si/c1-21(2,3)27-20(25)17-14-15-18(19(16-17)26-13)28-29(22(4,5)6,23(7,8)9)24(10,11)12/h14-16H,1-13H3. The van der Waals surface area contributed by atoms with E-state index in [4.69, 9.17) is 13.9 Å². The summed E-state index contributed by atoms with van der Waals surface area (Å²) in [4.78, 5) is 12.5. The van der Waals surface area contributed by atoms with Gasteiger partial charge in [0.25, 0.3) is 8.32 Å². The second kappa shape index (κ2) is 7.97. The Labute approximate surface area is 179 Å². The van der Waals surface area contributed by atoms with Gasteiger partial charge in [0, 0.05) is 0 Å². The van der Waals surface area contributed by atoms with Crippen molar-refractivity contribution in [1.82, 2.24) is 0 Å². The number of hydrogen-bond donors (Lipinski definition) is 0. The molecule has 0 aliphatic heterocycles. The zero-order valence-corrected chi connectivity index (χ0v) is 21.9. The topological polar surface area (TPSA) is 44.8 Å². The minimum Gasteiger partial charge on any atom is -0.539 e. The molecule has 0 radical (unpaired) electrons. The van der Waals surface area contributed by atoms with Gasteiger partial charge in [-0.1, -0.05) is 62.3 Å². The van der Waals surface area contributed by atoms with E-state index in [0.29, 0.717) is 17.1 Å². The van der Waals surface area contributed by atoms with E-state index in [1.165, 1.54) is 0 Å². The molecular formula is C24H42O4Si. The number of rotatable bonds is 4. The van der Waals surface area contributed by atoms with Crippen LogP contribution >= 0.6 is 0 Å². The average molecular weight is 423 g/mol. The Morgan fingerprint density at radius 3 is 1.55 bits per heavy atom. The molecular weight excluding hydrogens is 380 g/mol. The number of carbonyl (C=O) groups is 1. The summed E-state index contributed by atoms with van der Waals surface area (Å²) in [6.07, 6.45) is 0. The van der Waals surface area contributed by atoms with E-state index in [-0.39, 0.29) is 21.1 Å². The normalized spacial score (nSPS) is 13.8. The van der Waals surface area contributed by atoms with Gasteiger partial charge >= 0.3 is 5.97 Å². The van der Waals surface area contributed by atoms with Gasteiger partial charge in [-0.15, -0.1) is 0 Å². The maximum Gasteiger partial charge on any atom is 0.338 e. The first-order chi connectivity index (χ1) is 12.8. The van der Waals surface area contributed by atoms with E-state index < -0.39 is 13.9 Å². The highest BCUT2D eigenvalue weighted by atomic mass is 28.4. The predicted molar refractivity (Wildman–Crippen MR) is 124 cm³/mol. The van der Waals surface area contributed by atoms with Crippen LogP contribution in [0.2, 0.25) is 15.1 Å². The van der Waals surface area contributed by atoms with Gasteiger partial charge in [0.1, 0.15) is 11.4 Å². The lowest BCUT2D eigenvalue weighted by atomic mass is 10.1. The minimum absolute atomic E-state index is 0.0294. The summed E-state index contributed by atoms with van der Waals surface area (Å²) in [5, 5.41) is -0.0882. The van der Waals surface area contributed by atoms with Gasteiger partial charge in [0.15, 0.2) is 5.75 Å². The second-order valence-corrected chi connectivity index (χ2v) is 18.0. The number of methoxy groups -OCH3 is 1. The number of benzene rings is 1. The third-order valence-corrected chi connectivity index (χ3v) is 12.1. The first-order valence-electron chi connectivity index (χ1n) is 10.4. The van der Waals surface area contributed by atoms with E-state index in [0.717, 1.165) is 0 Å². The SMILES string of the molecule is COc1cc(C(=O)OC(C)(C)C)ccc1O[Si](C(C)(C)C)(C(C)(C)C)C(C)(C)C. The zero-order valence-electron chi connectivity index (χ0n) is 20.9. The van der Waals surface area contributed by atoms with Gasteiger partial charge in [-0.25, -0.2) is 4.79 Å². The maximum atomic E-state index is 12.5. The third-order valence-electron chi connectivity index (χ3n) is 5.23. The van der Waals surface area contributed by atoms with E-state index in [1.54, 1.807) is 19.2 Å². The van der Waals surface area contributed by atoms with Crippen molar-refractivity contribution in [1.29, 1.82) is 0 Å². The van der Waals surface area contributed by atoms with Crippen LogP contribution in [-0.2, 0) is 4.74 Å². The summed E-state index contributed by atoms with van der Waals surface area (Å²) < 4.78 is 18.2. The molecule has 1 aromatic carbocycles. The minimum atomic E-state index is -2.47. The molecule has 1 aromatic rings. The first kappa shape index (κ1) is 25.5. The van der Waals surface area contributed by atoms with E-state index in [9.17, 15) is 4.79 Å². The summed E-state index contributed by atoms with van der Waals surface area (Å²) in [5.41, 5.74) is -0.0922. The molecule has 166 valence electrons. The van der Waals surface area contributed by atoms with Gasteiger partial charge < -0.3 is 13.9 Å². The third kappa shape index (κ3) is 5.36. The Kier molecular flexibility index (Phi) is 7.02. The van der Waals surface area contributed by atoms with Crippen LogP contribution in [0, 0.1) is 0 Å². The molecule has 0 fully saturated rings. The van der Waals surface area contributed by atoms with Crippen LogP contribution in [0.5, 0.6) is 11.5 Å². The largest absolute Gasteiger partial charge is 0.539 e. The van der Waals surface area contributed by atoms with Gasteiger partial charge in [-0.2, -0.15) is 0 Å². The summed E-state index contributed by atoms with van der Waals surface area (Å²) in [5.74, 6) is 0.877. The molecule has 1 rings (SSSR count). The smallest absolute Gasteiger partial charge is 0.338 e. The second-order valence-electron chi connectivity index (χ2n) is 11.9. The molecule has 0 saturated heterocycles. The van der Waals surface area contributed by atoms with Gasteiger partial charge in [-0.05, 0) is 54.1 Å². The molecule has 0 spiro atoms. The van der Waals surface area contributed by atoms with Gasteiger partial charge in [-0.3, -0.25) is 0 Å². The van der Waals surface area contributed by atoms with E-state index >= 15 is 0 Å². The fourth-order valence-electron chi connectivity index (χ4n) is 5.22. The lowest BCUT2D eigenvalue weighted by molar-refractivity contribution is 0.00691. The Bertz CT molecular complexity index is 689. The molecule has 0 aliphatic carbocycles. The summed E-state index contributed by atoms with van der Waals surface area (Å²) in [7, 11) is -0.861. The monoisotopic (exact) mass is 422 g/mol. The fraction of sp³-hybridized carbons (Fsp3) is 0.708. The quantitative estimate of drug-likeness (QED) is 0.375. The van der Waals surface area contributed by atoms with Gasteiger partial charge in [0.2, 0.25) is 0 Å². The fourth-order valence-corrected chi connectivity index (χ4v) is 13.4. The Hall–Kier alpha value is -1.49. The van der Waals surface area contributed by atoms with Crippen LogP contribution < -0.4 is 9.16 Å². The van der Waals surface area contributed by atoms with Crippen LogP contribution in [0.3, 0.4) is 0 Å². The highest BCUT2D eigenvalue weighted by Crippen LogP contribution is 2.62. The molecule has 0 heterocycles. The van der Waals surface area contributed by atoms with Crippen molar-refractivity contribution in [3.8, 4) is 11.5 Å². The van der Waals surface area contributed by atoms with Crippen molar-refractivity contribution >= 4 is 14.3 Å². The van der Waals surface area contributed by atoms with Gasteiger partial charge in [0.05, 0.1) is 12.7 Å².